The van der Waals surface area contributed by atoms with Crippen LogP contribution in [0.15, 0.2) is 6.20 Å². The first-order chi connectivity index (χ1) is 10.1. The van der Waals surface area contributed by atoms with Crippen molar-refractivity contribution in [3.8, 4) is 0 Å². The van der Waals surface area contributed by atoms with Crippen molar-refractivity contribution in [3.63, 3.8) is 0 Å². The fraction of sp³-hybridized carbons (Fsp3) is 0.667. The molecule has 128 valence electrons. The minimum Gasteiger partial charge on any atom is -0.444 e. The van der Waals surface area contributed by atoms with Gasteiger partial charge in [-0.05, 0) is 33.6 Å². The van der Waals surface area contributed by atoms with Crippen molar-refractivity contribution in [2.45, 2.75) is 53.1 Å². The van der Waals surface area contributed by atoms with E-state index < -0.39 is 11.7 Å². The molecule has 0 unspecified atom stereocenters. The van der Waals surface area contributed by atoms with Crippen LogP contribution in [0.25, 0.3) is 0 Å². The van der Waals surface area contributed by atoms with Crippen molar-refractivity contribution >= 4 is 12.4 Å². The Morgan fingerprint density at radius 1 is 1.45 bits per heavy atom. The summed E-state index contributed by atoms with van der Waals surface area (Å²) >= 11 is 0. The Morgan fingerprint density at radius 3 is 2.09 bits per heavy atom. The molecule has 0 fully saturated rings. The third-order valence-corrected chi connectivity index (χ3v) is 2.04. The minimum absolute atomic E-state index is 0.404. The van der Waals surface area contributed by atoms with Crippen LogP contribution in [0.4, 0.5) is 4.79 Å². The summed E-state index contributed by atoms with van der Waals surface area (Å²) in [5, 5.41) is 0. The molecular formula is C15H29N3O4. The normalized spacial score (nSPS) is 10.0. The predicted molar refractivity (Wildman–Crippen MR) is 86.0 cm³/mol. The molecule has 3 N–H and O–H groups in total. The lowest BCUT2D eigenvalue weighted by Crippen LogP contribution is -2.27. The number of aromatic amines is 1. The number of aromatic nitrogens is 2. The van der Waals surface area contributed by atoms with Gasteiger partial charge in [0.05, 0.1) is 0 Å². The van der Waals surface area contributed by atoms with Crippen LogP contribution in [0.2, 0.25) is 0 Å². The molecule has 0 bridgehead atoms. The van der Waals surface area contributed by atoms with Gasteiger partial charge in [0, 0.05) is 25.6 Å². The Hall–Kier alpha value is -1.89. The van der Waals surface area contributed by atoms with E-state index in [9.17, 15) is 9.59 Å². The van der Waals surface area contributed by atoms with E-state index in [0.29, 0.717) is 18.0 Å². The SMILES string of the molecule is CC(C)(C)OC(N)=O.CC(C)c1cnc(C=O)[nH]1.CCOC. The summed E-state index contributed by atoms with van der Waals surface area (Å²) in [6.45, 7) is 12.2. The highest BCUT2D eigenvalue weighted by Crippen LogP contribution is 2.09. The molecule has 0 aliphatic heterocycles. The number of rotatable bonds is 3. The van der Waals surface area contributed by atoms with Crippen molar-refractivity contribution in [2.75, 3.05) is 13.7 Å². The zero-order chi connectivity index (χ0) is 17.8. The number of nitrogens with two attached hydrogens (primary N) is 1. The number of methoxy groups -OCH3 is 1. The number of nitrogens with zero attached hydrogens (tertiary/aromatic N) is 1. The molecule has 7 nitrogen and oxygen atoms in total. The summed E-state index contributed by atoms with van der Waals surface area (Å²) in [5.41, 5.74) is 5.27. The van der Waals surface area contributed by atoms with Gasteiger partial charge in [-0.25, -0.2) is 9.78 Å². The quantitative estimate of drug-likeness (QED) is 0.834. The van der Waals surface area contributed by atoms with Crippen LogP contribution in [0, 0.1) is 0 Å². The number of ether oxygens (including phenoxy) is 2. The lowest BCUT2D eigenvalue weighted by Gasteiger charge is -2.16. The Morgan fingerprint density at radius 2 is 1.95 bits per heavy atom. The molecule has 1 rings (SSSR count). The molecule has 1 heterocycles. The number of carbonyl (C=O) groups is 2. The van der Waals surface area contributed by atoms with Crippen LogP contribution in [-0.4, -0.2) is 41.7 Å². The fourth-order valence-corrected chi connectivity index (χ4v) is 1.01. The molecule has 0 saturated carbocycles. The van der Waals surface area contributed by atoms with Gasteiger partial charge >= 0.3 is 6.09 Å². The summed E-state index contributed by atoms with van der Waals surface area (Å²) < 4.78 is 9.12. The molecule has 7 heteroatoms. The Balaban J connectivity index is 0. The number of H-pyrrole nitrogens is 1. The second-order valence-electron chi connectivity index (χ2n) is 5.61. The van der Waals surface area contributed by atoms with Gasteiger partial charge in [-0.15, -0.1) is 0 Å². The van der Waals surface area contributed by atoms with Gasteiger partial charge < -0.3 is 20.2 Å². The van der Waals surface area contributed by atoms with Crippen LogP contribution >= 0.6 is 0 Å². The van der Waals surface area contributed by atoms with Crippen molar-refractivity contribution in [3.05, 3.63) is 17.7 Å². The van der Waals surface area contributed by atoms with Gasteiger partial charge in [-0.2, -0.15) is 0 Å². The molecule has 0 aliphatic rings. The van der Waals surface area contributed by atoms with E-state index in [1.807, 2.05) is 20.8 Å². The van der Waals surface area contributed by atoms with Crippen LogP contribution in [-0.2, 0) is 9.47 Å². The molecule has 1 aromatic heterocycles. The molecule has 0 atom stereocenters. The average molecular weight is 315 g/mol. The molecule has 0 radical (unpaired) electrons. The molecule has 1 aromatic rings. The number of aldehydes is 1. The first-order valence-corrected chi connectivity index (χ1v) is 7.04. The van der Waals surface area contributed by atoms with Gasteiger partial charge in [0.15, 0.2) is 12.1 Å². The average Bonchev–Trinajstić information content (AvgIpc) is 2.85. The molecule has 0 saturated heterocycles. The van der Waals surface area contributed by atoms with Gasteiger partial charge in [-0.1, -0.05) is 13.8 Å². The number of hydrogen-bond donors (Lipinski definition) is 2. The minimum atomic E-state index is -0.725. The van der Waals surface area contributed by atoms with Crippen LogP contribution in [0.5, 0.6) is 0 Å². The van der Waals surface area contributed by atoms with E-state index in [-0.39, 0.29) is 0 Å². The highest BCUT2D eigenvalue weighted by atomic mass is 16.6. The number of amides is 1. The van der Waals surface area contributed by atoms with Crippen LogP contribution in [0.3, 0.4) is 0 Å². The number of nitrogens with one attached hydrogen (secondary N) is 1. The van der Waals surface area contributed by atoms with Crippen molar-refractivity contribution in [1.29, 1.82) is 0 Å². The van der Waals surface area contributed by atoms with E-state index in [1.54, 1.807) is 34.1 Å². The molecule has 22 heavy (non-hydrogen) atoms. The van der Waals surface area contributed by atoms with Gasteiger partial charge in [0.2, 0.25) is 0 Å². The van der Waals surface area contributed by atoms with Gasteiger partial charge in [0.1, 0.15) is 5.60 Å². The van der Waals surface area contributed by atoms with E-state index >= 15 is 0 Å². The largest absolute Gasteiger partial charge is 0.444 e. The first kappa shape index (κ1) is 22.4. The highest BCUT2D eigenvalue weighted by Gasteiger charge is 2.12. The van der Waals surface area contributed by atoms with Gasteiger partial charge in [-0.3, -0.25) is 4.79 Å². The zero-order valence-electron chi connectivity index (χ0n) is 14.6. The molecular weight excluding hydrogens is 286 g/mol. The summed E-state index contributed by atoms with van der Waals surface area (Å²) in [5.74, 6) is 0.810. The molecule has 0 spiro atoms. The Bertz CT molecular complexity index is 421. The maximum Gasteiger partial charge on any atom is 0.405 e. The van der Waals surface area contributed by atoms with Crippen molar-refractivity contribution < 1.29 is 19.1 Å². The van der Waals surface area contributed by atoms with Crippen LogP contribution < -0.4 is 5.73 Å². The second-order valence-corrected chi connectivity index (χ2v) is 5.61. The standard InChI is InChI=1S/C7H10N2O.C5H11NO2.C3H8O/c1-5(2)6-3-8-7(4-10)9-6;1-5(2,3)8-4(6)7;1-3-4-2/h3-5H,1-2H3,(H,8,9);1-3H3,(H2,6,7);3H2,1-2H3. The monoisotopic (exact) mass is 315 g/mol. The van der Waals surface area contributed by atoms with E-state index in [2.05, 4.69) is 19.4 Å². The third kappa shape index (κ3) is 14.5. The molecule has 0 aliphatic carbocycles. The highest BCUT2D eigenvalue weighted by molar-refractivity contribution is 5.68. The predicted octanol–water partition coefficient (Wildman–Crippen LogP) is 2.88. The summed E-state index contributed by atoms with van der Waals surface area (Å²) in [7, 11) is 1.68. The van der Waals surface area contributed by atoms with Gasteiger partial charge in [0.25, 0.3) is 0 Å². The molecule has 0 aromatic carbocycles. The second kappa shape index (κ2) is 11.7. The van der Waals surface area contributed by atoms with E-state index in [0.717, 1.165) is 12.3 Å². The van der Waals surface area contributed by atoms with Crippen molar-refractivity contribution in [2.24, 2.45) is 5.73 Å². The number of primary amides is 1. The first-order valence-electron chi connectivity index (χ1n) is 7.04. The summed E-state index contributed by atoms with van der Waals surface area (Å²) in [6.07, 6.45) is 1.68. The number of hydrogen-bond acceptors (Lipinski definition) is 5. The Kier molecular flexibility index (Phi) is 11.9. The number of carbonyl (C=O) groups excluding carboxylic acids is 2. The Labute approximate surface area is 132 Å². The van der Waals surface area contributed by atoms with E-state index in [1.165, 1.54) is 0 Å². The topological polar surface area (TPSA) is 107 Å². The fourth-order valence-electron chi connectivity index (χ4n) is 1.01. The smallest absolute Gasteiger partial charge is 0.405 e. The lowest BCUT2D eigenvalue weighted by molar-refractivity contribution is 0.0600. The summed E-state index contributed by atoms with van der Waals surface area (Å²) in [6, 6.07) is 0. The van der Waals surface area contributed by atoms with E-state index in [4.69, 9.17) is 5.73 Å². The zero-order valence-corrected chi connectivity index (χ0v) is 14.6. The summed E-state index contributed by atoms with van der Waals surface area (Å²) in [4.78, 5) is 26.9. The van der Waals surface area contributed by atoms with Crippen molar-refractivity contribution in [1.82, 2.24) is 9.97 Å². The number of imidazole rings is 1. The third-order valence-electron chi connectivity index (χ3n) is 2.04. The maximum absolute atomic E-state index is 10.1. The lowest BCUT2D eigenvalue weighted by atomic mass is 10.2. The maximum atomic E-state index is 10.1. The molecule has 1 amide bonds. The van der Waals surface area contributed by atoms with Crippen LogP contribution in [0.1, 0.15) is 63.8 Å².